The van der Waals surface area contributed by atoms with Gasteiger partial charge in [-0.3, -0.25) is 9.59 Å². The molecule has 3 rings (SSSR count). The van der Waals surface area contributed by atoms with Crippen LogP contribution in [0.3, 0.4) is 0 Å². The molecule has 0 aliphatic heterocycles. The number of hydrogen-bond acceptors (Lipinski definition) is 3. The Kier molecular flexibility index (Phi) is 9.58. The molecular weight excluding hydrogens is 483 g/mol. The maximum absolute atomic E-state index is 13.5. The lowest BCUT2D eigenvalue weighted by molar-refractivity contribution is -0.142. The molecule has 0 aliphatic carbocycles. The van der Waals surface area contributed by atoms with Crippen LogP contribution in [0, 0.1) is 0 Å². The van der Waals surface area contributed by atoms with Gasteiger partial charge in [0.1, 0.15) is 11.8 Å². The molecule has 0 radical (unpaired) electrons. The Morgan fingerprint density at radius 1 is 0.914 bits per heavy atom. The first-order valence-electron chi connectivity index (χ1n) is 11.5. The van der Waals surface area contributed by atoms with Crippen molar-refractivity contribution in [2.75, 3.05) is 13.7 Å². The summed E-state index contributed by atoms with van der Waals surface area (Å²) in [6.45, 7) is 4.21. The van der Waals surface area contributed by atoms with Gasteiger partial charge in [-0.2, -0.15) is 0 Å². The van der Waals surface area contributed by atoms with Gasteiger partial charge in [-0.05, 0) is 46.9 Å². The second-order valence-corrected chi connectivity index (χ2v) is 9.42. The highest BCUT2D eigenvalue weighted by Gasteiger charge is 2.30. The minimum absolute atomic E-state index is 0.177. The zero-order valence-electron chi connectivity index (χ0n) is 20.1. The van der Waals surface area contributed by atoms with E-state index in [9.17, 15) is 9.59 Å². The molecule has 3 aromatic carbocycles. The van der Waals surface area contributed by atoms with Crippen LogP contribution >= 0.6 is 23.2 Å². The number of amides is 2. The van der Waals surface area contributed by atoms with Crippen molar-refractivity contribution in [1.82, 2.24) is 10.2 Å². The normalized spacial score (nSPS) is 11.7. The molecule has 3 aromatic rings. The Labute approximate surface area is 217 Å². The molecule has 0 saturated heterocycles. The summed E-state index contributed by atoms with van der Waals surface area (Å²) in [5, 5.41) is 3.51. The van der Waals surface area contributed by atoms with Gasteiger partial charge in [0.25, 0.3) is 5.91 Å². The van der Waals surface area contributed by atoms with Gasteiger partial charge in [-0.1, -0.05) is 85.6 Å². The third-order valence-electron chi connectivity index (χ3n) is 5.76. The number of rotatable bonds is 10. The smallest absolute Gasteiger partial charge is 0.261 e. The quantitative estimate of drug-likeness (QED) is 0.368. The second kappa shape index (κ2) is 12.6. The molecule has 0 saturated carbocycles. The summed E-state index contributed by atoms with van der Waals surface area (Å²) in [6, 6.07) is 21.7. The van der Waals surface area contributed by atoms with Gasteiger partial charge in [0.05, 0.1) is 10.0 Å². The average molecular weight is 513 g/mol. The Bertz CT molecular complexity index is 1130. The number of carbonyl (C=O) groups excluding carboxylic acids is 2. The van der Waals surface area contributed by atoms with Crippen molar-refractivity contribution >= 4 is 35.0 Å². The highest BCUT2D eigenvalue weighted by Crippen LogP contribution is 2.25. The summed E-state index contributed by atoms with van der Waals surface area (Å²) >= 11 is 12.3. The number of hydrogen-bond donors (Lipinski definition) is 1. The Morgan fingerprint density at radius 2 is 1.60 bits per heavy atom. The summed E-state index contributed by atoms with van der Waals surface area (Å²) in [4.78, 5) is 28.0. The molecule has 0 fully saturated rings. The van der Waals surface area contributed by atoms with Crippen LogP contribution in [0.15, 0.2) is 72.8 Å². The SMILES string of the molecule is CNC(=O)[C@@H](Cc1ccccc1)N(Cc1ccc(Cl)c(Cl)c1)C(=O)COc1ccc(C(C)C)cc1. The first kappa shape index (κ1) is 26.6. The number of benzene rings is 3. The summed E-state index contributed by atoms with van der Waals surface area (Å²) in [7, 11) is 1.56. The molecule has 184 valence electrons. The summed E-state index contributed by atoms with van der Waals surface area (Å²) < 4.78 is 5.81. The van der Waals surface area contributed by atoms with Crippen molar-refractivity contribution in [2.24, 2.45) is 0 Å². The van der Waals surface area contributed by atoms with Gasteiger partial charge in [-0.25, -0.2) is 0 Å². The van der Waals surface area contributed by atoms with Gasteiger partial charge < -0.3 is 15.0 Å². The minimum Gasteiger partial charge on any atom is -0.484 e. The molecule has 0 bridgehead atoms. The Balaban J connectivity index is 1.86. The van der Waals surface area contributed by atoms with E-state index in [1.807, 2.05) is 54.6 Å². The van der Waals surface area contributed by atoms with Crippen LogP contribution in [0.1, 0.15) is 36.5 Å². The minimum atomic E-state index is -0.740. The lowest BCUT2D eigenvalue weighted by Crippen LogP contribution is -2.51. The first-order chi connectivity index (χ1) is 16.8. The predicted octanol–water partition coefficient (Wildman–Crippen LogP) is 5.88. The third kappa shape index (κ3) is 7.48. The van der Waals surface area contributed by atoms with E-state index in [0.717, 1.165) is 11.1 Å². The third-order valence-corrected chi connectivity index (χ3v) is 6.50. The molecule has 35 heavy (non-hydrogen) atoms. The fourth-order valence-electron chi connectivity index (χ4n) is 3.73. The molecule has 0 aliphatic rings. The predicted molar refractivity (Wildman–Crippen MR) is 141 cm³/mol. The van der Waals surface area contributed by atoms with Crippen molar-refractivity contribution < 1.29 is 14.3 Å². The van der Waals surface area contributed by atoms with E-state index in [0.29, 0.717) is 28.1 Å². The summed E-state index contributed by atoms with van der Waals surface area (Å²) in [5.74, 6) is 0.424. The number of nitrogens with one attached hydrogen (secondary N) is 1. The van der Waals surface area contributed by atoms with Crippen molar-refractivity contribution in [3.05, 3.63) is 99.5 Å². The first-order valence-corrected chi connectivity index (χ1v) is 12.3. The van der Waals surface area contributed by atoms with Crippen molar-refractivity contribution in [3.8, 4) is 5.75 Å². The molecular formula is C28H30Cl2N2O3. The molecule has 1 N–H and O–H groups in total. The topological polar surface area (TPSA) is 58.6 Å². The molecule has 1 atom stereocenters. The lowest BCUT2D eigenvalue weighted by Gasteiger charge is -2.31. The number of likely N-dealkylation sites (N-methyl/N-ethyl adjacent to an activating group) is 1. The van der Waals surface area contributed by atoms with Gasteiger partial charge in [0.2, 0.25) is 5.91 Å². The van der Waals surface area contributed by atoms with Crippen LogP contribution in [0.4, 0.5) is 0 Å². The zero-order valence-corrected chi connectivity index (χ0v) is 21.6. The molecule has 0 aromatic heterocycles. The number of nitrogens with zero attached hydrogens (tertiary/aromatic N) is 1. The van der Waals surface area contributed by atoms with E-state index in [1.165, 1.54) is 10.5 Å². The van der Waals surface area contributed by atoms with E-state index in [4.69, 9.17) is 27.9 Å². The van der Waals surface area contributed by atoms with E-state index in [1.54, 1.807) is 25.2 Å². The van der Waals surface area contributed by atoms with Crippen molar-refractivity contribution in [3.63, 3.8) is 0 Å². The van der Waals surface area contributed by atoms with Gasteiger partial charge in [0, 0.05) is 20.0 Å². The van der Waals surface area contributed by atoms with Crippen LogP contribution in [-0.2, 0) is 22.6 Å². The Hall–Kier alpha value is -3.02. The monoisotopic (exact) mass is 512 g/mol. The van der Waals surface area contributed by atoms with Gasteiger partial charge in [0.15, 0.2) is 6.61 Å². The molecule has 2 amide bonds. The fourth-order valence-corrected chi connectivity index (χ4v) is 4.05. The van der Waals surface area contributed by atoms with E-state index >= 15 is 0 Å². The van der Waals surface area contributed by atoms with E-state index in [-0.39, 0.29) is 25.0 Å². The van der Waals surface area contributed by atoms with Crippen molar-refractivity contribution in [2.45, 2.75) is 38.8 Å². The fraction of sp³-hybridized carbons (Fsp3) is 0.286. The Morgan fingerprint density at radius 3 is 2.20 bits per heavy atom. The van der Waals surface area contributed by atoms with Crippen molar-refractivity contribution in [1.29, 1.82) is 0 Å². The van der Waals surface area contributed by atoms with Crippen LogP contribution in [-0.4, -0.2) is 36.4 Å². The van der Waals surface area contributed by atoms with Crippen LogP contribution in [0.25, 0.3) is 0 Å². The number of ether oxygens (including phenoxy) is 1. The average Bonchev–Trinajstić information content (AvgIpc) is 2.87. The highest BCUT2D eigenvalue weighted by atomic mass is 35.5. The van der Waals surface area contributed by atoms with E-state index < -0.39 is 6.04 Å². The summed E-state index contributed by atoms with van der Waals surface area (Å²) in [6.07, 6.45) is 0.358. The second-order valence-electron chi connectivity index (χ2n) is 8.60. The van der Waals surface area contributed by atoms with Crippen LogP contribution < -0.4 is 10.1 Å². The molecule has 5 nitrogen and oxygen atoms in total. The molecule has 0 unspecified atom stereocenters. The van der Waals surface area contributed by atoms with Crippen LogP contribution in [0.2, 0.25) is 10.0 Å². The largest absolute Gasteiger partial charge is 0.484 e. The molecule has 7 heteroatoms. The number of carbonyl (C=O) groups is 2. The van der Waals surface area contributed by atoms with Crippen LogP contribution in [0.5, 0.6) is 5.75 Å². The summed E-state index contributed by atoms with van der Waals surface area (Å²) in [5.41, 5.74) is 2.89. The maximum Gasteiger partial charge on any atom is 0.261 e. The number of halogens is 2. The van der Waals surface area contributed by atoms with Gasteiger partial charge in [-0.15, -0.1) is 0 Å². The maximum atomic E-state index is 13.5. The molecule has 0 heterocycles. The standard InChI is InChI=1S/C28H30Cl2N2O3/c1-19(2)22-10-12-23(13-11-22)35-18-27(33)32(17-21-9-14-24(29)25(30)15-21)26(28(34)31-3)16-20-7-5-4-6-8-20/h4-15,19,26H,16-18H2,1-3H3,(H,31,34)/t26-/m1/s1. The molecule has 0 spiro atoms. The highest BCUT2D eigenvalue weighted by molar-refractivity contribution is 6.42. The lowest BCUT2D eigenvalue weighted by atomic mass is 10.0. The zero-order chi connectivity index (χ0) is 25.4. The van der Waals surface area contributed by atoms with E-state index in [2.05, 4.69) is 19.2 Å². The van der Waals surface area contributed by atoms with Gasteiger partial charge >= 0.3 is 0 Å².